The first kappa shape index (κ1) is 17.9. The van der Waals surface area contributed by atoms with Crippen LogP contribution in [-0.2, 0) is 0 Å². The maximum atomic E-state index is 12.3. The molecule has 0 aliphatic heterocycles. The molecule has 0 aliphatic rings. The van der Waals surface area contributed by atoms with Gasteiger partial charge in [-0.05, 0) is 30.0 Å². The second kappa shape index (κ2) is 8.43. The summed E-state index contributed by atoms with van der Waals surface area (Å²) < 4.78 is 0. The molecule has 1 heterocycles. The number of hydrogen-bond acceptors (Lipinski definition) is 4. The van der Waals surface area contributed by atoms with Gasteiger partial charge in [0.1, 0.15) is 0 Å². The molecule has 1 aromatic heterocycles. The molecule has 0 radical (unpaired) electrons. The third-order valence-electron chi connectivity index (χ3n) is 3.92. The molecule has 128 valence electrons. The van der Waals surface area contributed by atoms with Gasteiger partial charge in [-0.3, -0.25) is 4.79 Å². The maximum absolute atomic E-state index is 12.3. The van der Waals surface area contributed by atoms with Crippen LogP contribution in [0, 0.1) is 0 Å². The van der Waals surface area contributed by atoms with Crippen LogP contribution in [0.15, 0.2) is 36.7 Å². The van der Waals surface area contributed by atoms with Gasteiger partial charge in [-0.25, -0.2) is 9.97 Å². The maximum Gasteiger partial charge on any atom is 0.258 e. The van der Waals surface area contributed by atoms with Gasteiger partial charge in [0.2, 0.25) is 5.95 Å². The van der Waals surface area contributed by atoms with Crippen LogP contribution in [0.5, 0.6) is 0 Å². The van der Waals surface area contributed by atoms with E-state index in [0.29, 0.717) is 17.4 Å². The van der Waals surface area contributed by atoms with Crippen LogP contribution in [0.25, 0.3) is 0 Å². The molecule has 24 heavy (non-hydrogen) atoms. The van der Waals surface area contributed by atoms with Gasteiger partial charge < -0.3 is 10.2 Å². The van der Waals surface area contributed by atoms with Crippen molar-refractivity contribution in [2.24, 2.45) is 0 Å². The molecule has 2 aromatic rings. The second-order valence-corrected chi connectivity index (χ2v) is 6.28. The summed E-state index contributed by atoms with van der Waals surface area (Å²) in [6.07, 6.45) is 5.36. The van der Waals surface area contributed by atoms with Gasteiger partial charge in [0.15, 0.2) is 0 Å². The average molecular weight is 326 g/mol. The highest BCUT2D eigenvalue weighted by atomic mass is 16.1. The SMILES string of the molecule is CCCCN(C)c1ncc(C(=O)Nc2ccc(C(C)C)cc2)cn1. The molecule has 0 aliphatic carbocycles. The predicted molar refractivity (Wildman–Crippen MR) is 98.7 cm³/mol. The van der Waals surface area contributed by atoms with E-state index in [0.717, 1.165) is 25.1 Å². The lowest BCUT2D eigenvalue weighted by molar-refractivity contribution is 0.102. The van der Waals surface area contributed by atoms with Crippen molar-refractivity contribution >= 4 is 17.5 Å². The molecule has 1 aromatic carbocycles. The summed E-state index contributed by atoms with van der Waals surface area (Å²) in [5.41, 5.74) is 2.47. The summed E-state index contributed by atoms with van der Waals surface area (Å²) in [4.78, 5) is 22.8. The number of nitrogens with zero attached hydrogens (tertiary/aromatic N) is 3. The normalized spacial score (nSPS) is 10.7. The van der Waals surface area contributed by atoms with E-state index < -0.39 is 0 Å². The van der Waals surface area contributed by atoms with E-state index in [9.17, 15) is 4.79 Å². The van der Waals surface area contributed by atoms with Crippen molar-refractivity contribution in [1.29, 1.82) is 0 Å². The lowest BCUT2D eigenvalue weighted by atomic mass is 10.0. The molecule has 1 N–H and O–H groups in total. The number of unbranched alkanes of at least 4 members (excludes halogenated alkanes) is 1. The summed E-state index contributed by atoms with van der Waals surface area (Å²) in [6.45, 7) is 7.34. The minimum absolute atomic E-state index is 0.199. The molecule has 5 heteroatoms. The minimum atomic E-state index is -0.199. The van der Waals surface area contributed by atoms with Gasteiger partial charge >= 0.3 is 0 Å². The van der Waals surface area contributed by atoms with Crippen molar-refractivity contribution in [2.75, 3.05) is 23.8 Å². The van der Waals surface area contributed by atoms with E-state index in [1.54, 1.807) is 12.4 Å². The minimum Gasteiger partial charge on any atom is -0.344 e. The molecule has 0 unspecified atom stereocenters. The third kappa shape index (κ3) is 4.78. The highest BCUT2D eigenvalue weighted by Crippen LogP contribution is 2.17. The van der Waals surface area contributed by atoms with Crippen LogP contribution in [0.4, 0.5) is 11.6 Å². The molecule has 0 atom stereocenters. The Morgan fingerprint density at radius 3 is 2.33 bits per heavy atom. The highest BCUT2D eigenvalue weighted by Gasteiger charge is 2.10. The van der Waals surface area contributed by atoms with Gasteiger partial charge in [-0.2, -0.15) is 0 Å². The molecule has 0 saturated heterocycles. The Balaban J connectivity index is 1.99. The Hall–Kier alpha value is -2.43. The van der Waals surface area contributed by atoms with Crippen LogP contribution in [-0.4, -0.2) is 29.5 Å². The standard InChI is InChI=1S/C19H26N4O/c1-5-6-11-23(4)19-20-12-16(13-21-19)18(24)22-17-9-7-15(8-10-17)14(2)3/h7-10,12-14H,5-6,11H2,1-4H3,(H,22,24). The lowest BCUT2D eigenvalue weighted by Crippen LogP contribution is -2.21. The van der Waals surface area contributed by atoms with Crippen LogP contribution < -0.4 is 10.2 Å². The van der Waals surface area contributed by atoms with E-state index in [1.807, 2.05) is 36.2 Å². The molecule has 0 spiro atoms. The number of carbonyl (C=O) groups is 1. The highest BCUT2D eigenvalue weighted by molar-refractivity contribution is 6.03. The summed E-state index contributed by atoms with van der Waals surface area (Å²) in [5, 5.41) is 2.87. The van der Waals surface area contributed by atoms with Crippen LogP contribution in [0.3, 0.4) is 0 Å². The summed E-state index contributed by atoms with van der Waals surface area (Å²) >= 11 is 0. The molecular weight excluding hydrogens is 300 g/mol. The molecule has 2 rings (SSSR count). The summed E-state index contributed by atoms with van der Waals surface area (Å²) in [6, 6.07) is 7.90. The monoisotopic (exact) mass is 326 g/mol. The Labute approximate surface area is 144 Å². The van der Waals surface area contributed by atoms with Gasteiger partial charge in [-0.1, -0.05) is 39.3 Å². The molecule has 5 nitrogen and oxygen atoms in total. The van der Waals surface area contributed by atoms with E-state index in [1.165, 1.54) is 5.56 Å². The molecular formula is C19H26N4O. The summed E-state index contributed by atoms with van der Waals surface area (Å²) in [7, 11) is 1.96. The number of hydrogen-bond donors (Lipinski definition) is 1. The first-order valence-corrected chi connectivity index (χ1v) is 8.45. The van der Waals surface area contributed by atoms with Gasteiger partial charge in [0.05, 0.1) is 5.56 Å². The zero-order chi connectivity index (χ0) is 17.5. The van der Waals surface area contributed by atoms with Crippen molar-refractivity contribution in [2.45, 2.75) is 39.5 Å². The third-order valence-corrected chi connectivity index (χ3v) is 3.92. The van der Waals surface area contributed by atoms with Crippen LogP contribution in [0.2, 0.25) is 0 Å². The number of rotatable bonds is 7. The Morgan fingerprint density at radius 2 is 1.79 bits per heavy atom. The fourth-order valence-electron chi connectivity index (χ4n) is 2.29. The second-order valence-electron chi connectivity index (χ2n) is 6.28. The van der Waals surface area contributed by atoms with E-state index >= 15 is 0 Å². The fourth-order valence-corrected chi connectivity index (χ4v) is 2.29. The average Bonchev–Trinajstić information content (AvgIpc) is 2.60. The lowest BCUT2D eigenvalue weighted by Gasteiger charge is -2.16. The van der Waals surface area contributed by atoms with Crippen LogP contribution >= 0.6 is 0 Å². The smallest absolute Gasteiger partial charge is 0.258 e. The molecule has 0 bridgehead atoms. The number of aromatic nitrogens is 2. The number of amides is 1. The number of carbonyl (C=O) groups excluding carboxylic acids is 1. The van der Waals surface area contributed by atoms with Crippen molar-refractivity contribution in [3.63, 3.8) is 0 Å². The van der Waals surface area contributed by atoms with E-state index in [2.05, 4.69) is 36.1 Å². The Kier molecular flexibility index (Phi) is 6.29. The number of benzene rings is 1. The van der Waals surface area contributed by atoms with Crippen molar-refractivity contribution in [3.05, 3.63) is 47.8 Å². The van der Waals surface area contributed by atoms with E-state index in [-0.39, 0.29) is 5.91 Å². The fraction of sp³-hybridized carbons (Fsp3) is 0.421. The van der Waals surface area contributed by atoms with Crippen molar-refractivity contribution in [3.8, 4) is 0 Å². The van der Waals surface area contributed by atoms with Gasteiger partial charge in [0, 0.05) is 31.7 Å². The Bertz CT molecular complexity index is 650. The quantitative estimate of drug-likeness (QED) is 0.832. The first-order valence-electron chi connectivity index (χ1n) is 8.45. The predicted octanol–water partition coefficient (Wildman–Crippen LogP) is 4.09. The Morgan fingerprint density at radius 1 is 1.17 bits per heavy atom. The summed E-state index contributed by atoms with van der Waals surface area (Å²) in [5.74, 6) is 0.914. The van der Waals surface area contributed by atoms with E-state index in [4.69, 9.17) is 0 Å². The topological polar surface area (TPSA) is 58.1 Å². The van der Waals surface area contributed by atoms with Crippen molar-refractivity contribution < 1.29 is 4.79 Å². The first-order chi connectivity index (χ1) is 11.5. The van der Waals surface area contributed by atoms with Crippen molar-refractivity contribution in [1.82, 2.24) is 9.97 Å². The molecule has 0 saturated carbocycles. The zero-order valence-corrected chi connectivity index (χ0v) is 14.9. The van der Waals surface area contributed by atoms with Gasteiger partial charge in [0.25, 0.3) is 5.91 Å². The van der Waals surface area contributed by atoms with Gasteiger partial charge in [-0.15, -0.1) is 0 Å². The number of nitrogens with one attached hydrogen (secondary N) is 1. The zero-order valence-electron chi connectivity index (χ0n) is 14.9. The largest absolute Gasteiger partial charge is 0.344 e. The van der Waals surface area contributed by atoms with Crippen LogP contribution in [0.1, 0.15) is 55.5 Å². The molecule has 0 fully saturated rings. The molecule has 1 amide bonds. The number of anilines is 2.